The Balaban J connectivity index is 2.11. The molecule has 1 aliphatic heterocycles. The molecule has 0 bridgehead atoms. The van der Waals surface area contributed by atoms with Crippen molar-refractivity contribution in [3.05, 3.63) is 28.7 Å². The van der Waals surface area contributed by atoms with Gasteiger partial charge < -0.3 is 10.2 Å². The summed E-state index contributed by atoms with van der Waals surface area (Å²) in [7, 11) is 1.83. The lowest BCUT2D eigenvalue weighted by Gasteiger charge is -2.28. The largest absolute Gasteiger partial charge is 0.313 e. The van der Waals surface area contributed by atoms with Gasteiger partial charge in [-0.3, -0.25) is 4.79 Å². The topological polar surface area (TPSA) is 32.3 Å². The van der Waals surface area contributed by atoms with Crippen molar-refractivity contribution >= 4 is 27.5 Å². The molecule has 0 spiro atoms. The summed E-state index contributed by atoms with van der Waals surface area (Å²) in [6.07, 6.45) is 3.24. The molecule has 4 heteroatoms. The first-order valence-corrected chi connectivity index (χ1v) is 6.75. The molecule has 1 aromatic carbocycles. The molecule has 1 N–H and O–H groups in total. The molecule has 17 heavy (non-hydrogen) atoms. The van der Waals surface area contributed by atoms with Gasteiger partial charge in [-0.05, 0) is 47.4 Å². The number of anilines is 1. The maximum absolute atomic E-state index is 12.3. The quantitative estimate of drug-likeness (QED) is 0.910. The Labute approximate surface area is 110 Å². The highest BCUT2D eigenvalue weighted by Gasteiger charge is 2.24. The number of halogens is 1. The van der Waals surface area contributed by atoms with Gasteiger partial charge in [-0.2, -0.15) is 0 Å². The summed E-state index contributed by atoms with van der Waals surface area (Å²) in [5.74, 6) is 0.150. The van der Waals surface area contributed by atoms with Crippen molar-refractivity contribution in [2.45, 2.75) is 25.3 Å². The minimum absolute atomic E-state index is 0.0270. The fraction of sp³-hybridized carbons (Fsp3) is 0.462. The lowest BCUT2D eigenvalue weighted by atomic mass is 10.0. The number of piperidine rings is 1. The van der Waals surface area contributed by atoms with E-state index in [2.05, 4.69) is 21.2 Å². The molecular weight excluding hydrogens is 280 g/mol. The van der Waals surface area contributed by atoms with Gasteiger partial charge in [-0.25, -0.2) is 0 Å². The first kappa shape index (κ1) is 12.6. The van der Waals surface area contributed by atoms with E-state index < -0.39 is 0 Å². The Kier molecular flexibility index (Phi) is 4.18. The number of benzene rings is 1. The zero-order valence-corrected chi connectivity index (χ0v) is 11.5. The average molecular weight is 297 g/mol. The number of nitrogens with zero attached hydrogens (tertiary/aromatic N) is 1. The van der Waals surface area contributed by atoms with Gasteiger partial charge in [0.2, 0.25) is 5.91 Å². The summed E-state index contributed by atoms with van der Waals surface area (Å²) in [5, 5.41) is 3.28. The molecule has 1 saturated heterocycles. The summed E-state index contributed by atoms with van der Waals surface area (Å²) in [6, 6.07) is 7.77. The number of likely N-dealkylation sites (N-methyl/N-ethyl adjacent to an activating group) is 1. The second-order valence-electron chi connectivity index (χ2n) is 4.35. The van der Waals surface area contributed by atoms with E-state index in [9.17, 15) is 4.79 Å². The standard InChI is InChI=1S/C13H17BrN2O/c1-16(12-8-3-2-6-10(12)14)13(17)11-7-4-5-9-15-11/h2-3,6,8,11,15H,4-5,7,9H2,1H3. The van der Waals surface area contributed by atoms with Gasteiger partial charge in [0.05, 0.1) is 11.7 Å². The smallest absolute Gasteiger partial charge is 0.243 e. The minimum Gasteiger partial charge on any atom is -0.313 e. The van der Waals surface area contributed by atoms with Crippen LogP contribution in [0.1, 0.15) is 19.3 Å². The number of para-hydroxylation sites is 1. The molecule has 1 aromatic rings. The minimum atomic E-state index is -0.0270. The normalized spacial score (nSPS) is 20.0. The third kappa shape index (κ3) is 2.87. The number of hydrogen-bond acceptors (Lipinski definition) is 2. The van der Waals surface area contributed by atoms with E-state index in [-0.39, 0.29) is 11.9 Å². The second-order valence-corrected chi connectivity index (χ2v) is 5.21. The monoisotopic (exact) mass is 296 g/mol. The summed E-state index contributed by atoms with van der Waals surface area (Å²) < 4.78 is 0.951. The second kappa shape index (κ2) is 5.65. The van der Waals surface area contributed by atoms with Crippen LogP contribution >= 0.6 is 15.9 Å². The van der Waals surface area contributed by atoms with Crippen molar-refractivity contribution in [3.63, 3.8) is 0 Å². The predicted octanol–water partition coefficient (Wildman–Crippen LogP) is 2.55. The van der Waals surface area contributed by atoms with Crippen LogP contribution < -0.4 is 10.2 Å². The molecule has 2 rings (SSSR count). The van der Waals surface area contributed by atoms with Crippen molar-refractivity contribution in [2.24, 2.45) is 0 Å². The van der Waals surface area contributed by atoms with E-state index in [1.807, 2.05) is 31.3 Å². The van der Waals surface area contributed by atoms with Gasteiger partial charge >= 0.3 is 0 Å². The fourth-order valence-electron chi connectivity index (χ4n) is 2.14. The van der Waals surface area contributed by atoms with Gasteiger partial charge in [-0.1, -0.05) is 18.6 Å². The van der Waals surface area contributed by atoms with Crippen LogP contribution in [0.2, 0.25) is 0 Å². The predicted molar refractivity (Wildman–Crippen MR) is 73.2 cm³/mol. The molecule has 0 saturated carbocycles. The van der Waals surface area contributed by atoms with E-state index in [4.69, 9.17) is 0 Å². The van der Waals surface area contributed by atoms with Crippen molar-refractivity contribution in [1.82, 2.24) is 5.32 Å². The van der Waals surface area contributed by atoms with E-state index >= 15 is 0 Å². The van der Waals surface area contributed by atoms with Crippen molar-refractivity contribution in [1.29, 1.82) is 0 Å². The lowest BCUT2D eigenvalue weighted by Crippen LogP contribution is -2.47. The highest BCUT2D eigenvalue weighted by Crippen LogP contribution is 2.25. The van der Waals surface area contributed by atoms with Crippen LogP contribution in [0.25, 0.3) is 0 Å². The lowest BCUT2D eigenvalue weighted by molar-refractivity contribution is -0.120. The third-order valence-electron chi connectivity index (χ3n) is 3.15. The Morgan fingerprint density at radius 1 is 1.41 bits per heavy atom. The zero-order chi connectivity index (χ0) is 12.3. The van der Waals surface area contributed by atoms with Gasteiger partial charge in [0, 0.05) is 11.5 Å². The fourth-order valence-corrected chi connectivity index (χ4v) is 2.69. The molecule has 1 atom stereocenters. The van der Waals surface area contributed by atoms with Gasteiger partial charge in [0.15, 0.2) is 0 Å². The molecule has 3 nitrogen and oxygen atoms in total. The maximum Gasteiger partial charge on any atom is 0.243 e. The molecule has 0 radical (unpaired) electrons. The first-order chi connectivity index (χ1) is 8.20. The van der Waals surface area contributed by atoms with Crippen LogP contribution in [0.3, 0.4) is 0 Å². The van der Waals surface area contributed by atoms with Crippen molar-refractivity contribution in [3.8, 4) is 0 Å². The number of nitrogens with one attached hydrogen (secondary N) is 1. The number of rotatable bonds is 2. The van der Waals surface area contributed by atoms with E-state index in [0.717, 1.165) is 29.5 Å². The first-order valence-electron chi connectivity index (χ1n) is 5.95. The summed E-state index contributed by atoms with van der Waals surface area (Å²) in [4.78, 5) is 14.0. The van der Waals surface area contributed by atoms with Crippen molar-refractivity contribution < 1.29 is 4.79 Å². The highest BCUT2D eigenvalue weighted by atomic mass is 79.9. The zero-order valence-electron chi connectivity index (χ0n) is 9.95. The van der Waals surface area contributed by atoms with Crippen LogP contribution in [0, 0.1) is 0 Å². The molecule has 1 unspecified atom stereocenters. The Bertz CT molecular complexity index is 402. The average Bonchev–Trinajstić information content (AvgIpc) is 2.39. The Morgan fingerprint density at radius 2 is 2.18 bits per heavy atom. The number of carbonyl (C=O) groups excluding carboxylic acids is 1. The Morgan fingerprint density at radius 3 is 2.82 bits per heavy atom. The molecule has 0 aliphatic carbocycles. The van der Waals surface area contributed by atoms with Crippen LogP contribution in [0.5, 0.6) is 0 Å². The molecule has 0 aromatic heterocycles. The maximum atomic E-state index is 12.3. The molecule has 1 fully saturated rings. The SMILES string of the molecule is CN(C(=O)C1CCCCN1)c1ccccc1Br. The summed E-state index contributed by atoms with van der Waals surface area (Å²) in [6.45, 7) is 0.945. The van der Waals surface area contributed by atoms with Gasteiger partial charge in [-0.15, -0.1) is 0 Å². The molecule has 1 amide bonds. The van der Waals surface area contributed by atoms with Crippen LogP contribution in [0.4, 0.5) is 5.69 Å². The van der Waals surface area contributed by atoms with Crippen molar-refractivity contribution in [2.75, 3.05) is 18.5 Å². The van der Waals surface area contributed by atoms with Crippen LogP contribution in [0.15, 0.2) is 28.7 Å². The highest BCUT2D eigenvalue weighted by molar-refractivity contribution is 9.10. The molecule has 92 valence electrons. The van der Waals surface area contributed by atoms with Gasteiger partial charge in [0.1, 0.15) is 0 Å². The van der Waals surface area contributed by atoms with E-state index in [1.54, 1.807) is 4.90 Å². The van der Waals surface area contributed by atoms with Crippen LogP contribution in [-0.2, 0) is 4.79 Å². The molecular formula is C13H17BrN2O. The summed E-state index contributed by atoms with van der Waals surface area (Å²) in [5.41, 5.74) is 0.921. The molecule has 1 aliphatic rings. The van der Waals surface area contributed by atoms with E-state index in [1.165, 1.54) is 6.42 Å². The third-order valence-corrected chi connectivity index (χ3v) is 3.82. The molecule has 1 heterocycles. The summed E-state index contributed by atoms with van der Waals surface area (Å²) >= 11 is 3.47. The van der Waals surface area contributed by atoms with Crippen LogP contribution in [-0.4, -0.2) is 25.5 Å². The number of hydrogen-bond donors (Lipinski definition) is 1. The van der Waals surface area contributed by atoms with E-state index in [0.29, 0.717) is 0 Å². The number of carbonyl (C=O) groups is 1. The number of amides is 1. The Hall–Kier alpha value is -0.870. The van der Waals surface area contributed by atoms with Gasteiger partial charge in [0.25, 0.3) is 0 Å².